The van der Waals surface area contributed by atoms with Crippen LogP contribution in [0.15, 0.2) is 0 Å². The second-order valence-electron chi connectivity index (χ2n) is 14.1. The topological polar surface area (TPSA) is 166 Å². The van der Waals surface area contributed by atoms with Gasteiger partial charge in [-0.05, 0) is 76.0 Å². The van der Waals surface area contributed by atoms with Gasteiger partial charge in [0.25, 0.3) is 0 Å². The predicted octanol–water partition coefficient (Wildman–Crippen LogP) is 2.41. The van der Waals surface area contributed by atoms with Crippen molar-refractivity contribution in [2.45, 2.75) is 101 Å². The molecule has 8 aliphatic carbocycles. The predicted molar refractivity (Wildman–Crippen MR) is 142 cm³/mol. The van der Waals surface area contributed by atoms with Crippen LogP contribution >= 0.6 is 0 Å². The van der Waals surface area contributed by atoms with Crippen LogP contribution in [-0.2, 0) is 57.2 Å². The summed E-state index contributed by atoms with van der Waals surface area (Å²) in [6.45, 7) is -1.56. The lowest BCUT2D eigenvalue weighted by Crippen LogP contribution is -2.57. The van der Waals surface area contributed by atoms with Crippen molar-refractivity contribution >= 4 is 41.4 Å². The number of Topliss-reactive ketones (excluding diaryl/α,β-unsaturated/α-hetero) is 2. The first kappa shape index (κ1) is 31.5. The van der Waals surface area contributed by atoms with Crippen LogP contribution in [0.1, 0.15) is 77.6 Å². The molecule has 8 rings (SSSR count). The highest BCUT2D eigenvalue weighted by molar-refractivity contribution is 5.89. The molecular formula is C31H36F2O12. The van der Waals surface area contributed by atoms with Gasteiger partial charge >= 0.3 is 35.8 Å². The molecule has 8 bridgehead atoms. The van der Waals surface area contributed by atoms with Gasteiger partial charge in [-0.25, -0.2) is 19.2 Å². The molecule has 0 aromatic rings. The van der Waals surface area contributed by atoms with Crippen LogP contribution in [0.4, 0.5) is 8.78 Å². The van der Waals surface area contributed by atoms with Gasteiger partial charge in [0.2, 0.25) is 6.10 Å². The van der Waals surface area contributed by atoms with Gasteiger partial charge < -0.3 is 23.7 Å². The summed E-state index contributed by atoms with van der Waals surface area (Å²) in [7, 11) is 0. The summed E-state index contributed by atoms with van der Waals surface area (Å²) in [5.74, 6) is -10.4. The van der Waals surface area contributed by atoms with E-state index in [-0.39, 0.29) is 54.0 Å². The Morgan fingerprint density at radius 1 is 0.711 bits per heavy atom. The van der Waals surface area contributed by atoms with E-state index in [1.807, 2.05) is 0 Å². The maximum atomic E-state index is 13.5. The van der Waals surface area contributed by atoms with E-state index >= 15 is 0 Å². The Morgan fingerprint density at radius 3 is 1.56 bits per heavy atom. The van der Waals surface area contributed by atoms with Gasteiger partial charge in [0.1, 0.15) is 22.8 Å². The summed E-state index contributed by atoms with van der Waals surface area (Å²) in [6, 6.07) is 0. The van der Waals surface area contributed by atoms with E-state index in [9.17, 15) is 42.3 Å². The summed E-state index contributed by atoms with van der Waals surface area (Å²) < 4.78 is 52.7. The molecule has 0 heterocycles. The summed E-state index contributed by atoms with van der Waals surface area (Å²) >= 11 is 0. The molecular weight excluding hydrogens is 602 g/mol. The lowest BCUT2D eigenvalue weighted by atomic mass is 9.53. The van der Waals surface area contributed by atoms with Crippen LogP contribution in [0.2, 0.25) is 0 Å². The van der Waals surface area contributed by atoms with E-state index in [0.717, 1.165) is 25.7 Å². The van der Waals surface area contributed by atoms with Crippen LogP contribution in [0.3, 0.4) is 0 Å². The molecule has 8 fully saturated rings. The Morgan fingerprint density at radius 2 is 1.13 bits per heavy atom. The fourth-order valence-corrected chi connectivity index (χ4v) is 9.12. The van der Waals surface area contributed by atoms with Crippen LogP contribution in [-0.4, -0.2) is 77.9 Å². The fraction of sp³-hybridized carbons (Fsp3) is 0.774. The minimum absolute atomic E-state index is 0.154. The Balaban J connectivity index is 1.00. The van der Waals surface area contributed by atoms with Crippen molar-refractivity contribution in [2.24, 2.45) is 35.5 Å². The third-order valence-electron chi connectivity index (χ3n) is 10.4. The minimum Gasteiger partial charge on any atom is -0.456 e. The summed E-state index contributed by atoms with van der Waals surface area (Å²) in [5.41, 5.74) is -1.64. The quantitative estimate of drug-likeness (QED) is 0.240. The Hall–Kier alpha value is -3.45. The molecule has 5 atom stereocenters. The van der Waals surface area contributed by atoms with Gasteiger partial charge in [0.15, 0.2) is 13.2 Å². The Bertz CT molecular complexity index is 1280. The number of halogens is 2. The maximum absolute atomic E-state index is 13.5. The van der Waals surface area contributed by atoms with Gasteiger partial charge in [-0.1, -0.05) is 0 Å². The number of ether oxygens (including phenoxy) is 5. The third kappa shape index (κ3) is 6.46. The average Bonchev–Trinajstić information content (AvgIpc) is 2.94. The number of hydrogen-bond acceptors (Lipinski definition) is 12. The number of carbonyl (C=O) groups is 7. The highest BCUT2D eigenvalue weighted by Gasteiger charge is 2.58. The first-order valence-corrected chi connectivity index (χ1v) is 15.5. The highest BCUT2D eigenvalue weighted by Crippen LogP contribution is 2.56. The Labute approximate surface area is 257 Å². The normalized spacial score (nSPS) is 36.3. The van der Waals surface area contributed by atoms with Gasteiger partial charge in [-0.3, -0.25) is 14.4 Å². The molecule has 246 valence electrons. The molecule has 0 spiro atoms. The van der Waals surface area contributed by atoms with Crippen LogP contribution in [0, 0.1) is 35.5 Å². The standard InChI is InChI=1S/C31H36F2O12/c1-29(32,33)28(40)43-21(27(39)42-14-24(36)45-31-8-16-4-19(11-31)26(38)20(5-16)12-31)6-22(34)41-13-23(35)44-30-7-15-2-17(9-30)25(37)18(3-15)10-30/h15-21H,2-14H2,1H3. The molecule has 0 saturated heterocycles. The molecule has 12 nitrogen and oxygen atoms in total. The molecule has 0 radical (unpaired) electrons. The molecule has 0 amide bonds. The number of ketones is 2. The zero-order valence-electron chi connectivity index (χ0n) is 24.9. The second kappa shape index (κ2) is 11.4. The van der Waals surface area contributed by atoms with Gasteiger partial charge in [0.05, 0.1) is 6.42 Å². The monoisotopic (exact) mass is 638 g/mol. The number of rotatable bonds is 11. The molecule has 14 heteroatoms. The van der Waals surface area contributed by atoms with Crippen molar-refractivity contribution in [1.29, 1.82) is 0 Å². The number of carbonyl (C=O) groups excluding carboxylic acids is 7. The van der Waals surface area contributed by atoms with Crippen LogP contribution in [0.5, 0.6) is 0 Å². The molecule has 45 heavy (non-hydrogen) atoms. The smallest absolute Gasteiger partial charge is 0.377 e. The average molecular weight is 639 g/mol. The first-order valence-electron chi connectivity index (χ1n) is 15.5. The van der Waals surface area contributed by atoms with Crippen molar-refractivity contribution < 1.29 is 66.0 Å². The van der Waals surface area contributed by atoms with E-state index in [1.54, 1.807) is 0 Å². The lowest BCUT2D eigenvalue weighted by Gasteiger charge is -2.54. The van der Waals surface area contributed by atoms with Gasteiger partial charge in [-0.15, -0.1) is 0 Å². The van der Waals surface area contributed by atoms with E-state index in [1.165, 1.54) is 0 Å². The first-order chi connectivity index (χ1) is 21.1. The van der Waals surface area contributed by atoms with Crippen molar-refractivity contribution in [2.75, 3.05) is 13.2 Å². The zero-order chi connectivity index (χ0) is 32.3. The molecule has 0 N–H and O–H groups in total. The number of esters is 5. The molecule has 0 aromatic carbocycles. The van der Waals surface area contributed by atoms with E-state index in [4.69, 9.17) is 18.9 Å². The minimum atomic E-state index is -4.01. The van der Waals surface area contributed by atoms with Crippen LogP contribution in [0.25, 0.3) is 0 Å². The van der Waals surface area contributed by atoms with Crippen molar-refractivity contribution in [3.63, 3.8) is 0 Å². The summed E-state index contributed by atoms with van der Waals surface area (Å²) in [5, 5.41) is 0. The fourth-order valence-electron chi connectivity index (χ4n) is 9.12. The van der Waals surface area contributed by atoms with Crippen LogP contribution < -0.4 is 0 Å². The molecule has 0 aromatic heterocycles. The lowest BCUT2D eigenvalue weighted by molar-refractivity contribution is -0.198. The number of alkyl halides is 2. The SMILES string of the molecule is CC(F)(F)C(=O)OC(CC(=O)OCC(=O)OC12CC3CC(C1)C(=O)C(C3)C2)C(=O)OCC(=O)OC12CC3CC(C1)C(=O)C(C3)C2. The second-order valence-corrected chi connectivity index (χ2v) is 14.1. The summed E-state index contributed by atoms with van der Waals surface area (Å²) in [6.07, 6.45) is 2.60. The summed E-state index contributed by atoms with van der Waals surface area (Å²) in [4.78, 5) is 87.0. The maximum Gasteiger partial charge on any atom is 0.377 e. The van der Waals surface area contributed by atoms with E-state index in [0.29, 0.717) is 38.5 Å². The molecule has 8 saturated carbocycles. The Kier molecular flexibility index (Phi) is 8.00. The van der Waals surface area contributed by atoms with Gasteiger partial charge in [-0.2, -0.15) is 8.78 Å². The zero-order valence-corrected chi connectivity index (χ0v) is 24.9. The van der Waals surface area contributed by atoms with Crippen molar-refractivity contribution in [3.8, 4) is 0 Å². The van der Waals surface area contributed by atoms with E-state index < -0.39 is 72.7 Å². The molecule has 8 aliphatic rings. The van der Waals surface area contributed by atoms with Crippen molar-refractivity contribution in [3.05, 3.63) is 0 Å². The molecule has 5 unspecified atom stereocenters. The van der Waals surface area contributed by atoms with E-state index in [2.05, 4.69) is 4.74 Å². The van der Waals surface area contributed by atoms with Gasteiger partial charge in [0, 0.05) is 30.6 Å². The van der Waals surface area contributed by atoms with Crippen molar-refractivity contribution in [1.82, 2.24) is 0 Å². The molecule has 0 aliphatic heterocycles. The third-order valence-corrected chi connectivity index (χ3v) is 10.4. The number of hydrogen-bond donors (Lipinski definition) is 0. The highest BCUT2D eigenvalue weighted by atomic mass is 19.3. The largest absolute Gasteiger partial charge is 0.456 e.